The molecule has 3 N–H and O–H groups in total. The fourth-order valence-electron chi connectivity index (χ4n) is 3.39. The minimum atomic E-state index is -0.389. The first-order chi connectivity index (χ1) is 16.4. The maximum Gasteiger partial charge on any atom is 0.345 e. The second-order valence-electron chi connectivity index (χ2n) is 7.67. The van der Waals surface area contributed by atoms with Crippen molar-refractivity contribution < 1.29 is 14.6 Å². The molecule has 0 atom stereocenters. The van der Waals surface area contributed by atoms with Crippen LogP contribution in [-0.2, 0) is 11.3 Å². The predicted molar refractivity (Wildman–Crippen MR) is 133 cm³/mol. The highest BCUT2D eigenvalue weighted by Crippen LogP contribution is 2.26. The van der Waals surface area contributed by atoms with Gasteiger partial charge in [-0.25, -0.2) is 4.79 Å². The molecule has 1 heterocycles. The van der Waals surface area contributed by atoms with Gasteiger partial charge < -0.3 is 20.1 Å². The zero-order valence-corrected chi connectivity index (χ0v) is 19.3. The Hall–Kier alpha value is -4.39. The summed E-state index contributed by atoms with van der Waals surface area (Å²) in [5.41, 5.74) is 5.51. The molecule has 1 aromatic heterocycles. The molecule has 4 aromatic rings. The summed E-state index contributed by atoms with van der Waals surface area (Å²) in [5, 5.41) is 12.2. The number of amides is 1. The van der Waals surface area contributed by atoms with E-state index < -0.39 is 0 Å². The van der Waals surface area contributed by atoms with Crippen LogP contribution in [0.5, 0.6) is 11.5 Å². The molecule has 0 saturated carbocycles. The molecule has 7 nitrogen and oxygen atoms in total. The number of rotatable bonds is 6. The molecule has 1 amide bonds. The van der Waals surface area contributed by atoms with Crippen molar-refractivity contribution in [2.24, 2.45) is 0 Å². The Labute approximate surface area is 198 Å². The normalized spacial score (nSPS) is 10.1. The van der Waals surface area contributed by atoms with E-state index in [4.69, 9.17) is 4.74 Å². The summed E-state index contributed by atoms with van der Waals surface area (Å²) in [4.78, 5) is 28.7. The van der Waals surface area contributed by atoms with Crippen LogP contribution in [0.3, 0.4) is 0 Å². The third-order valence-corrected chi connectivity index (χ3v) is 5.13. The van der Waals surface area contributed by atoms with Gasteiger partial charge in [-0.2, -0.15) is 4.98 Å². The number of methoxy groups -OCH3 is 1. The van der Waals surface area contributed by atoms with Crippen LogP contribution in [0, 0.1) is 13.8 Å². The standard InChI is InChI=1S/C18H16N2O2.C9H11NO2/c1-11-4-3-5-13(8-11)15-10-16(20-18(22)19-15)14-6-7-17(21)12(2)9-14;1-12-9-5-3-2-4-8(9)6-10-7-11/h3-10,21H,1-2H3,(H,19,20,22);2-5,7H,6H2,1H3,(H,10,11). The smallest absolute Gasteiger partial charge is 0.345 e. The monoisotopic (exact) mass is 457 g/mol. The number of ether oxygens (including phenoxy) is 1. The molecule has 0 bridgehead atoms. The maximum absolute atomic E-state index is 11.9. The lowest BCUT2D eigenvalue weighted by atomic mass is 10.0. The quantitative estimate of drug-likeness (QED) is 0.373. The van der Waals surface area contributed by atoms with E-state index in [2.05, 4.69) is 15.3 Å². The lowest BCUT2D eigenvalue weighted by Gasteiger charge is -2.07. The SMILES string of the molecule is COc1ccccc1CNC=O.Cc1cccc(-c2cc(-c3ccc(O)c(C)c3)[nH]c(=O)n2)c1. The molecule has 7 heteroatoms. The van der Waals surface area contributed by atoms with Crippen LogP contribution in [0.4, 0.5) is 0 Å². The Morgan fingerprint density at radius 1 is 1.00 bits per heavy atom. The van der Waals surface area contributed by atoms with Gasteiger partial charge >= 0.3 is 5.69 Å². The number of nitrogens with zero attached hydrogens (tertiary/aromatic N) is 1. The summed E-state index contributed by atoms with van der Waals surface area (Å²) in [6.07, 6.45) is 0.673. The highest BCUT2D eigenvalue weighted by atomic mass is 16.5. The van der Waals surface area contributed by atoms with Gasteiger partial charge in [-0.1, -0.05) is 42.0 Å². The molecule has 174 valence electrons. The first-order valence-corrected chi connectivity index (χ1v) is 10.7. The van der Waals surface area contributed by atoms with Gasteiger partial charge in [0.1, 0.15) is 11.5 Å². The Balaban J connectivity index is 0.000000229. The van der Waals surface area contributed by atoms with Crippen LogP contribution in [-0.4, -0.2) is 28.6 Å². The number of benzene rings is 3. The average molecular weight is 458 g/mol. The van der Waals surface area contributed by atoms with E-state index in [1.807, 2.05) is 74.5 Å². The van der Waals surface area contributed by atoms with E-state index in [9.17, 15) is 14.7 Å². The van der Waals surface area contributed by atoms with E-state index >= 15 is 0 Å². The molecule has 4 rings (SSSR count). The molecule has 3 aromatic carbocycles. The van der Waals surface area contributed by atoms with Crippen molar-refractivity contribution in [2.75, 3.05) is 7.11 Å². The van der Waals surface area contributed by atoms with Gasteiger partial charge in [0.05, 0.1) is 18.5 Å². The molecular formula is C27H27N3O4. The zero-order valence-electron chi connectivity index (χ0n) is 19.3. The lowest BCUT2D eigenvalue weighted by Crippen LogP contribution is -2.12. The Morgan fingerprint density at radius 2 is 1.79 bits per heavy atom. The molecule has 0 aliphatic carbocycles. The summed E-state index contributed by atoms with van der Waals surface area (Å²) in [6.45, 7) is 4.33. The third kappa shape index (κ3) is 6.32. The molecular weight excluding hydrogens is 430 g/mol. The highest BCUT2D eigenvalue weighted by molar-refractivity contribution is 5.68. The third-order valence-electron chi connectivity index (χ3n) is 5.13. The lowest BCUT2D eigenvalue weighted by molar-refractivity contribution is -0.109. The van der Waals surface area contributed by atoms with Crippen LogP contribution in [0.25, 0.3) is 22.5 Å². The summed E-state index contributed by atoms with van der Waals surface area (Å²) in [6, 6.07) is 22.5. The van der Waals surface area contributed by atoms with E-state index in [0.717, 1.165) is 33.6 Å². The molecule has 0 aliphatic heterocycles. The van der Waals surface area contributed by atoms with Crippen LogP contribution in [0.2, 0.25) is 0 Å². The van der Waals surface area contributed by atoms with Gasteiger partial charge in [0.15, 0.2) is 0 Å². The number of phenolic OH excluding ortho intramolecular Hbond substituents is 1. The number of aromatic nitrogens is 2. The minimum Gasteiger partial charge on any atom is -0.508 e. The topological polar surface area (TPSA) is 104 Å². The summed E-state index contributed by atoms with van der Waals surface area (Å²) >= 11 is 0. The summed E-state index contributed by atoms with van der Waals surface area (Å²) in [5.74, 6) is 1.03. The van der Waals surface area contributed by atoms with Crippen molar-refractivity contribution >= 4 is 6.41 Å². The average Bonchev–Trinajstić information content (AvgIpc) is 2.84. The summed E-state index contributed by atoms with van der Waals surface area (Å²) < 4.78 is 5.09. The van der Waals surface area contributed by atoms with Crippen molar-refractivity contribution in [3.05, 3.63) is 100.0 Å². The number of aromatic hydroxyl groups is 1. The Morgan fingerprint density at radius 3 is 2.50 bits per heavy atom. The number of para-hydroxylation sites is 1. The number of aryl methyl sites for hydroxylation is 2. The number of phenols is 1. The van der Waals surface area contributed by atoms with E-state index in [1.165, 1.54) is 0 Å². The fourth-order valence-corrected chi connectivity index (χ4v) is 3.39. The van der Waals surface area contributed by atoms with Crippen LogP contribution in [0.15, 0.2) is 77.6 Å². The van der Waals surface area contributed by atoms with Gasteiger partial charge in [0.25, 0.3) is 0 Å². The molecule has 0 spiro atoms. The van der Waals surface area contributed by atoms with Gasteiger partial charge in [0, 0.05) is 17.7 Å². The zero-order chi connectivity index (χ0) is 24.5. The summed E-state index contributed by atoms with van der Waals surface area (Å²) in [7, 11) is 1.61. The molecule has 0 aliphatic rings. The van der Waals surface area contributed by atoms with Crippen molar-refractivity contribution in [3.8, 4) is 34.0 Å². The number of hydrogen-bond acceptors (Lipinski definition) is 5. The fraction of sp³-hybridized carbons (Fsp3) is 0.148. The number of carbonyl (C=O) groups is 1. The van der Waals surface area contributed by atoms with E-state index in [1.54, 1.807) is 19.2 Å². The van der Waals surface area contributed by atoms with Gasteiger partial charge in [-0.15, -0.1) is 0 Å². The number of carbonyl (C=O) groups excluding carboxylic acids is 1. The maximum atomic E-state index is 11.9. The number of hydrogen-bond donors (Lipinski definition) is 3. The number of aromatic amines is 1. The molecule has 0 fully saturated rings. The molecule has 0 unspecified atom stereocenters. The predicted octanol–water partition coefficient (Wildman–Crippen LogP) is 4.37. The largest absolute Gasteiger partial charge is 0.508 e. The van der Waals surface area contributed by atoms with Crippen molar-refractivity contribution in [1.29, 1.82) is 0 Å². The van der Waals surface area contributed by atoms with Crippen molar-refractivity contribution in [3.63, 3.8) is 0 Å². The van der Waals surface area contributed by atoms with Crippen molar-refractivity contribution in [2.45, 2.75) is 20.4 Å². The first-order valence-electron chi connectivity index (χ1n) is 10.7. The first kappa shape index (κ1) is 24.3. The second kappa shape index (κ2) is 11.5. The van der Waals surface area contributed by atoms with Crippen LogP contribution >= 0.6 is 0 Å². The van der Waals surface area contributed by atoms with Gasteiger partial charge in [-0.3, -0.25) is 4.79 Å². The second-order valence-corrected chi connectivity index (χ2v) is 7.67. The van der Waals surface area contributed by atoms with Gasteiger partial charge in [0.2, 0.25) is 6.41 Å². The molecule has 0 saturated heterocycles. The molecule has 0 radical (unpaired) electrons. The Kier molecular flexibility index (Phi) is 8.18. The van der Waals surface area contributed by atoms with E-state index in [0.29, 0.717) is 24.3 Å². The molecule has 34 heavy (non-hydrogen) atoms. The Bertz CT molecular complexity index is 1330. The van der Waals surface area contributed by atoms with Crippen molar-refractivity contribution in [1.82, 2.24) is 15.3 Å². The van der Waals surface area contributed by atoms with Crippen LogP contribution in [0.1, 0.15) is 16.7 Å². The number of H-pyrrole nitrogens is 1. The number of nitrogens with one attached hydrogen (secondary N) is 2. The van der Waals surface area contributed by atoms with Gasteiger partial charge in [-0.05, 0) is 61.4 Å². The highest BCUT2D eigenvalue weighted by Gasteiger charge is 2.07. The van der Waals surface area contributed by atoms with E-state index in [-0.39, 0.29) is 11.4 Å². The van der Waals surface area contributed by atoms with Crippen LogP contribution < -0.4 is 15.7 Å². The minimum absolute atomic E-state index is 0.235.